The fourth-order valence-corrected chi connectivity index (χ4v) is 5.19. The van der Waals surface area contributed by atoms with Crippen LogP contribution in [0.15, 0.2) is 63.2 Å². The standard InChI is InChI=1S/C25H22BrNO5/c1-13-22(25(29)30-2)23(14-3-6-17(26)7-4-14)24-18(27-13)9-16(10-19(24)28)15-5-8-20-21(11-15)32-12-31-20/h3-8,11,16,22-23H,9-10,12H2,1-2H3/t16-,22?,23-/m1/s1. The average molecular weight is 496 g/mol. The smallest absolute Gasteiger partial charge is 0.315 e. The first-order chi connectivity index (χ1) is 15.5. The van der Waals surface area contributed by atoms with E-state index in [1.165, 1.54) is 7.11 Å². The van der Waals surface area contributed by atoms with Crippen LogP contribution in [-0.2, 0) is 14.3 Å². The summed E-state index contributed by atoms with van der Waals surface area (Å²) in [7, 11) is 1.37. The summed E-state index contributed by atoms with van der Waals surface area (Å²) in [4.78, 5) is 31.0. The van der Waals surface area contributed by atoms with Crippen LogP contribution in [0.25, 0.3) is 0 Å². The van der Waals surface area contributed by atoms with E-state index in [1.54, 1.807) is 0 Å². The normalized spacial score (nSPS) is 24.2. The number of ether oxygens (including phenoxy) is 3. The maximum Gasteiger partial charge on any atom is 0.315 e. The Morgan fingerprint density at radius 1 is 1.06 bits per heavy atom. The van der Waals surface area contributed by atoms with Crippen LogP contribution in [-0.4, -0.2) is 31.4 Å². The van der Waals surface area contributed by atoms with Crippen molar-refractivity contribution in [1.82, 2.24) is 0 Å². The summed E-state index contributed by atoms with van der Waals surface area (Å²) in [6, 6.07) is 13.6. The predicted molar refractivity (Wildman–Crippen MR) is 122 cm³/mol. The minimum atomic E-state index is -0.619. The monoisotopic (exact) mass is 495 g/mol. The van der Waals surface area contributed by atoms with Crippen molar-refractivity contribution in [3.8, 4) is 11.5 Å². The third-order valence-corrected chi connectivity index (χ3v) is 6.97. The molecule has 1 aliphatic carbocycles. The van der Waals surface area contributed by atoms with Crippen molar-refractivity contribution in [2.45, 2.75) is 31.6 Å². The maximum absolute atomic E-state index is 13.5. The molecule has 2 aromatic rings. The van der Waals surface area contributed by atoms with Gasteiger partial charge in [0.2, 0.25) is 6.79 Å². The van der Waals surface area contributed by atoms with Crippen molar-refractivity contribution < 1.29 is 23.8 Å². The first kappa shape index (κ1) is 20.9. The fourth-order valence-electron chi connectivity index (χ4n) is 4.92. The van der Waals surface area contributed by atoms with Gasteiger partial charge in [-0.15, -0.1) is 0 Å². The van der Waals surface area contributed by atoms with E-state index < -0.39 is 11.8 Å². The van der Waals surface area contributed by atoms with Gasteiger partial charge in [0, 0.05) is 33.8 Å². The van der Waals surface area contributed by atoms with Gasteiger partial charge < -0.3 is 14.2 Å². The Labute approximate surface area is 194 Å². The molecule has 0 N–H and O–H groups in total. The molecule has 0 saturated heterocycles. The molecular weight excluding hydrogens is 474 g/mol. The second-order valence-electron chi connectivity index (χ2n) is 8.28. The van der Waals surface area contributed by atoms with Crippen LogP contribution in [0.5, 0.6) is 11.5 Å². The summed E-state index contributed by atoms with van der Waals surface area (Å²) in [5, 5.41) is 0. The lowest BCUT2D eigenvalue weighted by molar-refractivity contribution is -0.143. The minimum Gasteiger partial charge on any atom is -0.468 e. The molecule has 2 aromatic carbocycles. The van der Waals surface area contributed by atoms with Crippen LogP contribution >= 0.6 is 15.9 Å². The molecule has 0 saturated carbocycles. The number of aliphatic imine (C=N–C) groups is 1. The molecule has 6 nitrogen and oxygen atoms in total. The zero-order chi connectivity index (χ0) is 22.4. The van der Waals surface area contributed by atoms with E-state index in [9.17, 15) is 9.59 Å². The van der Waals surface area contributed by atoms with E-state index in [0.717, 1.165) is 27.0 Å². The predicted octanol–water partition coefficient (Wildman–Crippen LogP) is 4.93. The van der Waals surface area contributed by atoms with Gasteiger partial charge in [0.15, 0.2) is 17.3 Å². The van der Waals surface area contributed by atoms with Crippen molar-refractivity contribution in [2.75, 3.05) is 13.9 Å². The summed E-state index contributed by atoms with van der Waals surface area (Å²) >= 11 is 3.46. The Hall–Kier alpha value is -2.93. The molecule has 0 amide bonds. The SMILES string of the molecule is COC(=O)C1C(C)=NC2=C(C(=O)C[C@H](c3ccc4c(c3)OCO4)C2)[C@@H]1c1ccc(Br)cc1. The van der Waals surface area contributed by atoms with Crippen LogP contribution in [0.4, 0.5) is 0 Å². The highest BCUT2D eigenvalue weighted by Crippen LogP contribution is 2.47. The maximum atomic E-state index is 13.5. The van der Waals surface area contributed by atoms with E-state index in [4.69, 9.17) is 19.2 Å². The molecule has 32 heavy (non-hydrogen) atoms. The number of allylic oxidation sites excluding steroid dienone is 2. The van der Waals surface area contributed by atoms with Gasteiger partial charge in [-0.25, -0.2) is 0 Å². The number of carbonyl (C=O) groups excluding carboxylic acids is 2. The molecule has 0 radical (unpaired) electrons. The van der Waals surface area contributed by atoms with Crippen LogP contribution in [0.2, 0.25) is 0 Å². The van der Waals surface area contributed by atoms with E-state index in [-0.39, 0.29) is 24.5 Å². The molecule has 3 aliphatic rings. The number of Topliss-reactive ketones (excluding diaryl/α,β-unsaturated/α-hetero) is 1. The third-order valence-electron chi connectivity index (χ3n) is 6.44. The Kier molecular flexibility index (Phi) is 5.37. The van der Waals surface area contributed by atoms with Crippen molar-refractivity contribution in [3.05, 3.63) is 69.3 Å². The van der Waals surface area contributed by atoms with Gasteiger partial charge >= 0.3 is 5.97 Å². The van der Waals surface area contributed by atoms with E-state index in [0.29, 0.717) is 29.9 Å². The Morgan fingerprint density at radius 2 is 1.78 bits per heavy atom. The minimum absolute atomic E-state index is 0.00690. The van der Waals surface area contributed by atoms with Gasteiger partial charge in [0.25, 0.3) is 0 Å². The molecule has 2 heterocycles. The van der Waals surface area contributed by atoms with Gasteiger partial charge in [0.1, 0.15) is 5.92 Å². The van der Waals surface area contributed by atoms with E-state index >= 15 is 0 Å². The fraction of sp³-hybridized carbons (Fsp3) is 0.320. The Morgan fingerprint density at radius 3 is 2.53 bits per heavy atom. The second-order valence-corrected chi connectivity index (χ2v) is 9.20. The molecule has 3 atom stereocenters. The molecular formula is C25H22BrNO5. The highest BCUT2D eigenvalue weighted by atomic mass is 79.9. The largest absolute Gasteiger partial charge is 0.468 e. The molecule has 0 aromatic heterocycles. The topological polar surface area (TPSA) is 74.2 Å². The molecule has 0 spiro atoms. The quantitative estimate of drug-likeness (QED) is 0.564. The van der Waals surface area contributed by atoms with Crippen LogP contribution < -0.4 is 9.47 Å². The second kappa shape index (κ2) is 8.20. The molecule has 2 aliphatic heterocycles. The summed E-state index contributed by atoms with van der Waals surface area (Å²) in [5.41, 5.74) is 3.99. The first-order valence-electron chi connectivity index (χ1n) is 10.5. The van der Waals surface area contributed by atoms with Crippen molar-refractivity contribution >= 4 is 33.4 Å². The van der Waals surface area contributed by atoms with Crippen molar-refractivity contribution in [3.63, 3.8) is 0 Å². The highest BCUT2D eigenvalue weighted by Gasteiger charge is 2.44. The van der Waals surface area contributed by atoms with Gasteiger partial charge in [-0.1, -0.05) is 34.1 Å². The molecule has 164 valence electrons. The lowest BCUT2D eigenvalue weighted by Crippen LogP contribution is -2.37. The Balaban J connectivity index is 1.56. The number of rotatable bonds is 3. The number of nitrogens with zero attached hydrogens (tertiary/aromatic N) is 1. The van der Waals surface area contributed by atoms with Crippen molar-refractivity contribution in [1.29, 1.82) is 0 Å². The molecule has 1 unspecified atom stereocenters. The summed E-state index contributed by atoms with van der Waals surface area (Å²) in [6.45, 7) is 2.05. The van der Waals surface area contributed by atoms with Crippen molar-refractivity contribution in [2.24, 2.45) is 10.9 Å². The summed E-state index contributed by atoms with van der Waals surface area (Å²) in [6.07, 6.45) is 0.979. The zero-order valence-corrected chi connectivity index (χ0v) is 19.3. The first-order valence-corrected chi connectivity index (χ1v) is 11.3. The molecule has 0 fully saturated rings. The summed E-state index contributed by atoms with van der Waals surface area (Å²) < 4.78 is 17.0. The van der Waals surface area contributed by atoms with Gasteiger partial charge in [-0.3, -0.25) is 14.6 Å². The highest BCUT2D eigenvalue weighted by molar-refractivity contribution is 9.10. The number of fused-ring (bicyclic) bond motifs is 1. The van der Waals surface area contributed by atoms with Gasteiger partial charge in [-0.05, 0) is 54.7 Å². The number of ketones is 1. The number of hydrogen-bond donors (Lipinski definition) is 0. The third kappa shape index (κ3) is 3.54. The van der Waals surface area contributed by atoms with Gasteiger partial charge in [-0.2, -0.15) is 0 Å². The van der Waals surface area contributed by atoms with Crippen LogP contribution in [0.3, 0.4) is 0 Å². The Bertz CT molecular complexity index is 1170. The molecule has 7 heteroatoms. The van der Waals surface area contributed by atoms with Gasteiger partial charge in [0.05, 0.1) is 7.11 Å². The number of benzene rings is 2. The number of hydrogen-bond acceptors (Lipinski definition) is 6. The molecule has 0 bridgehead atoms. The average Bonchev–Trinajstić information content (AvgIpc) is 3.26. The van der Waals surface area contributed by atoms with E-state index in [1.807, 2.05) is 49.4 Å². The summed E-state index contributed by atoms with van der Waals surface area (Å²) in [5.74, 6) is 0.0326. The number of methoxy groups -OCH3 is 1. The van der Waals surface area contributed by atoms with Crippen LogP contribution in [0, 0.1) is 5.92 Å². The lowest BCUT2D eigenvalue weighted by atomic mass is 9.69. The number of carbonyl (C=O) groups is 2. The lowest BCUT2D eigenvalue weighted by Gasteiger charge is -2.36. The van der Waals surface area contributed by atoms with E-state index in [2.05, 4.69) is 15.9 Å². The van der Waals surface area contributed by atoms with Crippen LogP contribution in [0.1, 0.15) is 42.7 Å². The number of halogens is 1. The zero-order valence-electron chi connectivity index (χ0n) is 17.8. The molecule has 5 rings (SSSR count). The number of esters is 1.